The molecule has 0 bridgehead atoms. The van der Waals surface area contributed by atoms with Gasteiger partial charge in [0.15, 0.2) is 0 Å². The molecular weight excluding hydrogens is 414 g/mol. The number of nitrogens with zero attached hydrogens (tertiary/aromatic N) is 3. The Hall–Kier alpha value is -3.92. The average Bonchev–Trinajstić information content (AvgIpc) is 2.73. The second kappa shape index (κ2) is 9.05. The molecule has 0 aliphatic heterocycles. The molecule has 0 amide bonds. The molecule has 11 heteroatoms. The van der Waals surface area contributed by atoms with E-state index in [2.05, 4.69) is 20.6 Å². The molecule has 1 heterocycles. The van der Waals surface area contributed by atoms with E-state index in [1.807, 2.05) is 0 Å². The highest BCUT2D eigenvalue weighted by Crippen LogP contribution is 2.36. The van der Waals surface area contributed by atoms with Gasteiger partial charge in [0.1, 0.15) is 12.1 Å². The third-order valence-electron chi connectivity index (χ3n) is 4.00. The van der Waals surface area contributed by atoms with Crippen LogP contribution in [-0.4, -0.2) is 35.1 Å². The molecule has 0 unspecified atom stereocenters. The smallest absolute Gasteiger partial charge is 0.353 e. The lowest BCUT2D eigenvalue weighted by atomic mass is 10.2. The third kappa shape index (κ3) is 4.39. The van der Waals surface area contributed by atoms with Crippen molar-refractivity contribution in [1.29, 1.82) is 0 Å². The Morgan fingerprint density at radius 1 is 1.07 bits per heavy atom. The molecule has 0 aliphatic carbocycles. The SMILES string of the molecule is COC(=O)c1ccccc1Nc1ncnc(Nc2cc(Cl)ccc2OC)c1[N+](=O)[O-]. The Balaban J connectivity index is 2.04. The lowest BCUT2D eigenvalue weighted by molar-refractivity contribution is -0.383. The number of halogens is 1. The predicted octanol–water partition coefficient (Wildman–Crippen LogP) is 4.32. The van der Waals surface area contributed by atoms with Crippen molar-refractivity contribution in [2.75, 3.05) is 24.9 Å². The van der Waals surface area contributed by atoms with Crippen molar-refractivity contribution in [2.45, 2.75) is 0 Å². The van der Waals surface area contributed by atoms with E-state index in [1.54, 1.807) is 36.4 Å². The Bertz CT molecular complexity index is 1110. The second-order valence-electron chi connectivity index (χ2n) is 5.81. The summed E-state index contributed by atoms with van der Waals surface area (Å²) < 4.78 is 10.00. The number of esters is 1. The number of rotatable bonds is 7. The van der Waals surface area contributed by atoms with E-state index < -0.39 is 16.6 Å². The van der Waals surface area contributed by atoms with Crippen molar-refractivity contribution in [3.8, 4) is 5.75 Å². The van der Waals surface area contributed by atoms with Gasteiger partial charge in [0, 0.05) is 5.02 Å². The standard InChI is InChI=1S/C19H16ClN5O5/c1-29-15-8-7-11(20)9-14(15)24-18-16(25(27)28)17(21-10-22-18)23-13-6-4-3-5-12(13)19(26)30-2/h3-10H,1-2H3,(H2,21,22,23,24). The van der Waals surface area contributed by atoms with Gasteiger partial charge in [-0.25, -0.2) is 14.8 Å². The van der Waals surface area contributed by atoms with Crippen LogP contribution in [0.4, 0.5) is 28.7 Å². The first-order valence-corrected chi connectivity index (χ1v) is 8.86. The molecule has 2 aromatic carbocycles. The zero-order valence-corrected chi connectivity index (χ0v) is 16.6. The fourth-order valence-electron chi connectivity index (χ4n) is 2.65. The van der Waals surface area contributed by atoms with Crippen molar-refractivity contribution >= 4 is 46.3 Å². The van der Waals surface area contributed by atoms with Crippen LogP contribution in [-0.2, 0) is 4.74 Å². The summed E-state index contributed by atoms with van der Waals surface area (Å²) in [6, 6.07) is 11.2. The van der Waals surface area contributed by atoms with E-state index in [1.165, 1.54) is 20.3 Å². The second-order valence-corrected chi connectivity index (χ2v) is 6.24. The summed E-state index contributed by atoms with van der Waals surface area (Å²) in [7, 11) is 2.70. The zero-order chi connectivity index (χ0) is 21.7. The Morgan fingerprint density at radius 2 is 1.73 bits per heavy atom. The van der Waals surface area contributed by atoms with E-state index in [0.29, 0.717) is 16.5 Å². The normalized spacial score (nSPS) is 10.2. The first-order chi connectivity index (χ1) is 14.4. The summed E-state index contributed by atoms with van der Waals surface area (Å²) >= 11 is 6.02. The molecule has 0 saturated carbocycles. The van der Waals surface area contributed by atoms with E-state index in [-0.39, 0.29) is 22.9 Å². The van der Waals surface area contributed by atoms with Gasteiger partial charge in [-0.05, 0) is 30.3 Å². The fraction of sp³-hybridized carbons (Fsp3) is 0.105. The van der Waals surface area contributed by atoms with Gasteiger partial charge in [-0.1, -0.05) is 23.7 Å². The number of carbonyl (C=O) groups excluding carboxylic acids is 1. The minimum atomic E-state index is -0.636. The number of hydrogen-bond donors (Lipinski definition) is 2. The number of benzene rings is 2. The predicted molar refractivity (Wildman–Crippen MR) is 111 cm³/mol. The van der Waals surface area contributed by atoms with Crippen molar-refractivity contribution < 1.29 is 19.2 Å². The first-order valence-electron chi connectivity index (χ1n) is 8.49. The molecule has 1 aromatic heterocycles. The van der Waals surface area contributed by atoms with Gasteiger partial charge in [-0.3, -0.25) is 10.1 Å². The van der Waals surface area contributed by atoms with E-state index in [0.717, 1.165) is 6.33 Å². The van der Waals surface area contributed by atoms with Crippen molar-refractivity contribution in [3.63, 3.8) is 0 Å². The van der Waals surface area contributed by atoms with Gasteiger partial charge < -0.3 is 20.1 Å². The molecule has 0 spiro atoms. The number of nitro groups is 1. The van der Waals surface area contributed by atoms with Crippen LogP contribution in [0.25, 0.3) is 0 Å². The zero-order valence-electron chi connectivity index (χ0n) is 15.9. The number of aromatic nitrogens is 2. The molecule has 3 rings (SSSR count). The topological polar surface area (TPSA) is 129 Å². The Labute approximate surface area is 176 Å². The molecule has 0 fully saturated rings. The van der Waals surface area contributed by atoms with E-state index in [4.69, 9.17) is 21.1 Å². The number of carbonyl (C=O) groups is 1. The lowest BCUT2D eigenvalue weighted by Crippen LogP contribution is -2.09. The molecule has 30 heavy (non-hydrogen) atoms. The molecule has 0 aliphatic rings. The summed E-state index contributed by atoms with van der Waals surface area (Å²) in [5.74, 6) is -0.391. The van der Waals surface area contributed by atoms with Gasteiger partial charge in [0.05, 0.1) is 36.1 Å². The molecule has 154 valence electrons. The first kappa shape index (κ1) is 20.8. The number of methoxy groups -OCH3 is 2. The van der Waals surface area contributed by atoms with Gasteiger partial charge in [0.25, 0.3) is 0 Å². The van der Waals surface area contributed by atoms with E-state index >= 15 is 0 Å². The highest BCUT2D eigenvalue weighted by molar-refractivity contribution is 6.31. The molecule has 0 saturated heterocycles. The molecule has 10 nitrogen and oxygen atoms in total. The Morgan fingerprint density at radius 3 is 2.37 bits per heavy atom. The van der Waals surface area contributed by atoms with Gasteiger partial charge in [-0.2, -0.15) is 0 Å². The average molecular weight is 430 g/mol. The van der Waals surface area contributed by atoms with Crippen LogP contribution in [0.5, 0.6) is 5.75 Å². The summed E-state index contributed by atoms with van der Waals surface area (Å²) in [4.78, 5) is 31.1. The summed E-state index contributed by atoms with van der Waals surface area (Å²) in [5.41, 5.74) is 0.434. The van der Waals surface area contributed by atoms with E-state index in [9.17, 15) is 14.9 Å². The number of nitrogens with one attached hydrogen (secondary N) is 2. The van der Waals surface area contributed by atoms with Gasteiger partial charge >= 0.3 is 11.7 Å². The maximum Gasteiger partial charge on any atom is 0.353 e. The number of ether oxygens (including phenoxy) is 2. The third-order valence-corrected chi connectivity index (χ3v) is 4.24. The van der Waals surface area contributed by atoms with Crippen LogP contribution in [0, 0.1) is 10.1 Å². The van der Waals surface area contributed by atoms with Crippen molar-refractivity contribution in [3.05, 3.63) is 69.5 Å². The van der Waals surface area contributed by atoms with Crippen molar-refractivity contribution in [1.82, 2.24) is 9.97 Å². The highest BCUT2D eigenvalue weighted by Gasteiger charge is 2.25. The van der Waals surface area contributed by atoms with Gasteiger partial charge in [0.2, 0.25) is 11.6 Å². The summed E-state index contributed by atoms with van der Waals surface area (Å²) in [6.07, 6.45) is 1.15. The minimum absolute atomic E-state index is 0.0892. The lowest BCUT2D eigenvalue weighted by Gasteiger charge is -2.13. The quantitative estimate of drug-likeness (QED) is 0.320. The van der Waals surface area contributed by atoms with Crippen LogP contribution in [0.15, 0.2) is 48.8 Å². The molecular formula is C19H16ClN5O5. The molecule has 0 atom stereocenters. The van der Waals surface area contributed by atoms with Crippen LogP contribution < -0.4 is 15.4 Å². The van der Waals surface area contributed by atoms with Crippen LogP contribution in [0.3, 0.4) is 0 Å². The minimum Gasteiger partial charge on any atom is -0.495 e. The maximum atomic E-state index is 12.0. The Kier molecular flexibility index (Phi) is 6.28. The number of anilines is 4. The summed E-state index contributed by atoms with van der Waals surface area (Å²) in [5, 5.41) is 17.9. The fourth-order valence-corrected chi connectivity index (χ4v) is 2.82. The van der Waals surface area contributed by atoms with Crippen molar-refractivity contribution in [2.24, 2.45) is 0 Å². The van der Waals surface area contributed by atoms with Crippen LogP contribution in [0.2, 0.25) is 5.02 Å². The number of hydrogen-bond acceptors (Lipinski definition) is 9. The van der Waals surface area contributed by atoms with Crippen LogP contribution >= 0.6 is 11.6 Å². The molecule has 2 N–H and O–H groups in total. The monoisotopic (exact) mass is 429 g/mol. The summed E-state index contributed by atoms with van der Waals surface area (Å²) in [6.45, 7) is 0. The largest absolute Gasteiger partial charge is 0.495 e. The highest BCUT2D eigenvalue weighted by atomic mass is 35.5. The van der Waals surface area contributed by atoms with Crippen LogP contribution in [0.1, 0.15) is 10.4 Å². The molecule has 3 aromatic rings. The number of para-hydroxylation sites is 1. The van der Waals surface area contributed by atoms with Gasteiger partial charge in [-0.15, -0.1) is 0 Å². The molecule has 0 radical (unpaired) electrons. The maximum absolute atomic E-state index is 12.0.